The highest BCUT2D eigenvalue weighted by atomic mass is 16.5. The van der Waals surface area contributed by atoms with E-state index in [1.54, 1.807) is 16.8 Å². The lowest BCUT2D eigenvalue weighted by molar-refractivity contribution is -0.170. The lowest BCUT2D eigenvalue weighted by atomic mass is 9.89. The first-order chi connectivity index (χ1) is 11.4. The zero-order chi connectivity index (χ0) is 17.3. The molecule has 5 amide bonds. The molecule has 3 aliphatic rings. The van der Waals surface area contributed by atoms with Crippen LogP contribution in [0.3, 0.4) is 0 Å². The molecule has 1 atom stereocenters. The molecule has 0 aromatic rings. The van der Waals surface area contributed by atoms with Crippen molar-refractivity contribution in [2.24, 2.45) is 0 Å². The van der Waals surface area contributed by atoms with Gasteiger partial charge in [0.2, 0.25) is 11.8 Å². The van der Waals surface area contributed by atoms with Gasteiger partial charge >= 0.3 is 6.03 Å². The Labute approximate surface area is 139 Å². The first-order valence-corrected chi connectivity index (χ1v) is 8.16. The molecule has 1 spiro atoms. The van der Waals surface area contributed by atoms with Crippen molar-refractivity contribution in [1.29, 1.82) is 0 Å². The number of morpholine rings is 1. The maximum atomic E-state index is 12.3. The highest BCUT2D eigenvalue weighted by Crippen LogP contribution is 2.30. The minimum atomic E-state index is -0.626. The predicted octanol–water partition coefficient (Wildman–Crippen LogP) is -1.18. The Hall–Kier alpha value is -2.16. The van der Waals surface area contributed by atoms with Crippen LogP contribution in [0.25, 0.3) is 0 Å². The van der Waals surface area contributed by atoms with E-state index in [4.69, 9.17) is 4.74 Å². The van der Waals surface area contributed by atoms with Gasteiger partial charge in [-0.15, -0.1) is 0 Å². The van der Waals surface area contributed by atoms with E-state index in [1.807, 2.05) is 0 Å². The minimum Gasteiger partial charge on any atom is -0.363 e. The normalized spacial score (nSPS) is 26.5. The van der Waals surface area contributed by atoms with Crippen molar-refractivity contribution in [1.82, 2.24) is 20.4 Å². The average Bonchev–Trinajstić information content (AvgIpc) is 2.87. The fourth-order valence-electron chi connectivity index (χ4n) is 3.45. The molecule has 0 saturated carbocycles. The summed E-state index contributed by atoms with van der Waals surface area (Å²) in [6.45, 7) is 1.80. The van der Waals surface area contributed by atoms with Gasteiger partial charge in [-0.25, -0.2) is 4.79 Å². The highest BCUT2D eigenvalue weighted by molar-refractivity contribution is 6.04. The number of rotatable bonds is 3. The zero-order valence-electron chi connectivity index (χ0n) is 13.7. The number of amides is 5. The van der Waals surface area contributed by atoms with Gasteiger partial charge in [0.1, 0.15) is 12.6 Å². The first-order valence-electron chi connectivity index (χ1n) is 8.16. The molecule has 3 rings (SSSR count). The van der Waals surface area contributed by atoms with Gasteiger partial charge in [-0.3, -0.25) is 19.7 Å². The predicted molar refractivity (Wildman–Crippen MR) is 81.8 cm³/mol. The molecule has 24 heavy (non-hydrogen) atoms. The van der Waals surface area contributed by atoms with Gasteiger partial charge in [0.05, 0.1) is 5.60 Å². The minimum absolute atomic E-state index is 0.0176. The van der Waals surface area contributed by atoms with Gasteiger partial charge in [-0.2, -0.15) is 0 Å². The third-order valence-electron chi connectivity index (χ3n) is 4.99. The van der Waals surface area contributed by atoms with Gasteiger partial charge in [0.25, 0.3) is 5.91 Å². The van der Waals surface area contributed by atoms with Crippen molar-refractivity contribution in [2.75, 3.05) is 33.3 Å². The number of likely N-dealkylation sites (tertiary alicyclic amines) is 1. The third kappa shape index (κ3) is 3.35. The Balaban J connectivity index is 1.46. The molecule has 0 aromatic carbocycles. The molecule has 9 heteroatoms. The largest absolute Gasteiger partial charge is 0.363 e. The molecule has 3 saturated heterocycles. The molecular weight excluding hydrogens is 316 g/mol. The molecular formula is C15H22N4O5. The van der Waals surface area contributed by atoms with Crippen molar-refractivity contribution < 1.29 is 23.9 Å². The number of hydrogen-bond acceptors (Lipinski definition) is 5. The van der Waals surface area contributed by atoms with Crippen LogP contribution >= 0.6 is 0 Å². The van der Waals surface area contributed by atoms with Crippen LogP contribution in [0.2, 0.25) is 0 Å². The fraction of sp³-hybridized carbons (Fsp3) is 0.733. The number of imide groups is 1. The third-order valence-corrected chi connectivity index (χ3v) is 4.99. The number of ether oxygens (including phenoxy) is 1. The maximum Gasteiger partial charge on any atom is 0.322 e. The van der Waals surface area contributed by atoms with Crippen LogP contribution in [-0.2, 0) is 19.1 Å². The van der Waals surface area contributed by atoms with Gasteiger partial charge < -0.3 is 19.9 Å². The van der Waals surface area contributed by atoms with Crippen LogP contribution in [0.5, 0.6) is 0 Å². The van der Waals surface area contributed by atoms with Crippen molar-refractivity contribution in [2.45, 2.75) is 37.3 Å². The van der Waals surface area contributed by atoms with Crippen molar-refractivity contribution in [3.63, 3.8) is 0 Å². The lowest BCUT2D eigenvalue weighted by Gasteiger charge is -2.46. The average molecular weight is 338 g/mol. The molecule has 3 aliphatic heterocycles. The Kier molecular flexibility index (Phi) is 4.44. The van der Waals surface area contributed by atoms with Gasteiger partial charge in [0, 0.05) is 33.1 Å². The number of likely N-dealkylation sites (N-methyl/N-ethyl adjacent to an activating group) is 1. The Morgan fingerprint density at radius 2 is 2.00 bits per heavy atom. The molecule has 3 heterocycles. The van der Waals surface area contributed by atoms with Crippen LogP contribution in [0.15, 0.2) is 0 Å². The smallest absolute Gasteiger partial charge is 0.322 e. The number of nitrogens with zero attached hydrogens (tertiary/aromatic N) is 2. The number of urea groups is 1. The van der Waals surface area contributed by atoms with Gasteiger partial charge in [-0.05, 0) is 19.3 Å². The molecule has 0 aliphatic carbocycles. The summed E-state index contributed by atoms with van der Waals surface area (Å²) in [5.41, 5.74) is -0.348. The van der Waals surface area contributed by atoms with Crippen LogP contribution in [0, 0.1) is 0 Å². The van der Waals surface area contributed by atoms with E-state index in [-0.39, 0.29) is 36.4 Å². The summed E-state index contributed by atoms with van der Waals surface area (Å²) < 4.78 is 5.75. The molecule has 3 fully saturated rings. The second-order valence-corrected chi connectivity index (χ2v) is 6.66. The summed E-state index contributed by atoms with van der Waals surface area (Å²) in [7, 11) is 1.77. The van der Waals surface area contributed by atoms with Crippen LogP contribution in [0.1, 0.15) is 25.7 Å². The molecule has 0 bridgehead atoms. The fourth-order valence-corrected chi connectivity index (χ4v) is 3.45. The topological polar surface area (TPSA) is 108 Å². The van der Waals surface area contributed by atoms with Gasteiger partial charge in [0.15, 0.2) is 0 Å². The highest BCUT2D eigenvalue weighted by Gasteiger charge is 2.42. The summed E-state index contributed by atoms with van der Waals surface area (Å²) in [4.78, 5) is 49.8. The summed E-state index contributed by atoms with van der Waals surface area (Å²) in [5, 5.41) is 4.64. The molecule has 0 aromatic heterocycles. The monoisotopic (exact) mass is 338 g/mol. The van der Waals surface area contributed by atoms with E-state index in [1.165, 1.54) is 0 Å². The van der Waals surface area contributed by atoms with Crippen molar-refractivity contribution in [3.05, 3.63) is 0 Å². The quantitative estimate of drug-likeness (QED) is 0.630. The molecule has 0 radical (unpaired) electrons. The van der Waals surface area contributed by atoms with Crippen molar-refractivity contribution >= 4 is 23.8 Å². The lowest BCUT2D eigenvalue weighted by Crippen LogP contribution is -2.58. The molecule has 0 unspecified atom stereocenters. The van der Waals surface area contributed by atoms with E-state index >= 15 is 0 Å². The van der Waals surface area contributed by atoms with E-state index in [0.717, 1.165) is 0 Å². The second kappa shape index (κ2) is 6.39. The number of hydrogen-bond donors (Lipinski definition) is 2. The molecule has 9 nitrogen and oxygen atoms in total. The number of carbonyl (C=O) groups excluding carboxylic acids is 4. The Bertz CT molecular complexity index is 570. The van der Waals surface area contributed by atoms with E-state index in [0.29, 0.717) is 38.9 Å². The Morgan fingerprint density at radius 3 is 2.58 bits per heavy atom. The summed E-state index contributed by atoms with van der Waals surface area (Å²) in [6.07, 6.45) is 1.89. The van der Waals surface area contributed by atoms with E-state index < -0.39 is 12.1 Å². The zero-order valence-corrected chi connectivity index (χ0v) is 13.7. The SMILES string of the molecule is CN1CC2(CCN(C(=O)CC[C@@H]3NC(=O)NC3=O)CC2)OCC1=O. The van der Waals surface area contributed by atoms with E-state index in [9.17, 15) is 19.2 Å². The standard InChI is InChI=1S/C15H22N4O5/c1-18-9-15(24-8-12(18)21)4-6-19(7-5-15)11(20)3-2-10-13(22)17-14(23)16-10/h10H,2-9H2,1H3,(H2,16,17,22,23)/t10-/m0/s1. The number of piperidine rings is 1. The number of nitrogens with one attached hydrogen (secondary N) is 2. The molecule has 132 valence electrons. The van der Waals surface area contributed by atoms with Crippen LogP contribution in [-0.4, -0.2) is 78.5 Å². The molecule has 2 N–H and O–H groups in total. The van der Waals surface area contributed by atoms with Gasteiger partial charge in [-0.1, -0.05) is 0 Å². The van der Waals surface area contributed by atoms with Crippen LogP contribution < -0.4 is 10.6 Å². The maximum absolute atomic E-state index is 12.3. The summed E-state index contributed by atoms with van der Waals surface area (Å²) in [6, 6.07) is -1.13. The first kappa shape index (κ1) is 16.7. The number of carbonyl (C=O) groups is 4. The van der Waals surface area contributed by atoms with E-state index in [2.05, 4.69) is 10.6 Å². The second-order valence-electron chi connectivity index (χ2n) is 6.66. The van der Waals surface area contributed by atoms with Crippen molar-refractivity contribution in [3.8, 4) is 0 Å². The van der Waals surface area contributed by atoms with Crippen LogP contribution in [0.4, 0.5) is 4.79 Å². The summed E-state index contributed by atoms with van der Waals surface area (Å²) in [5.74, 6) is -0.427. The summed E-state index contributed by atoms with van der Waals surface area (Å²) >= 11 is 0. The Morgan fingerprint density at radius 1 is 1.29 bits per heavy atom.